The molecule has 3 rings (SSSR count). The summed E-state index contributed by atoms with van der Waals surface area (Å²) in [5.41, 5.74) is 4.61. The first-order valence-corrected chi connectivity index (χ1v) is 9.37. The molecule has 0 atom stereocenters. The number of fused-ring (bicyclic) bond motifs is 1. The molecule has 1 aromatic carbocycles. The van der Waals surface area contributed by atoms with Crippen LogP contribution >= 0.6 is 15.9 Å². The predicted octanol–water partition coefficient (Wildman–Crippen LogP) is 4.02. The first-order chi connectivity index (χ1) is 14.5. The monoisotopic (exact) mass is 502 g/mol. The van der Waals surface area contributed by atoms with Crippen molar-refractivity contribution in [1.29, 1.82) is 0 Å². The number of aryl methyl sites for hydroxylation is 1. The van der Waals surface area contributed by atoms with Crippen LogP contribution < -0.4 is 10.5 Å². The number of Topliss-reactive ketones (excluding diaryl/α,β-unsaturated/α-hetero) is 1. The predicted molar refractivity (Wildman–Crippen MR) is 107 cm³/mol. The molecule has 0 bridgehead atoms. The van der Waals surface area contributed by atoms with Crippen LogP contribution in [0.3, 0.4) is 0 Å². The molecule has 0 spiro atoms. The van der Waals surface area contributed by atoms with Crippen LogP contribution in [0.5, 0.6) is 5.88 Å². The maximum absolute atomic E-state index is 13.8. The Bertz CT molecular complexity index is 1190. The fraction of sp³-hybridized carbons (Fsp3) is 0.211. The second-order valence-corrected chi connectivity index (χ2v) is 7.22. The van der Waals surface area contributed by atoms with Crippen molar-refractivity contribution in [2.75, 3.05) is 13.7 Å². The van der Waals surface area contributed by atoms with Gasteiger partial charge in [0.05, 0.1) is 22.7 Å². The van der Waals surface area contributed by atoms with Gasteiger partial charge in [-0.25, -0.2) is 9.37 Å². The zero-order chi connectivity index (χ0) is 22.9. The number of halogens is 5. The summed E-state index contributed by atoms with van der Waals surface area (Å²) in [4.78, 5) is 21.6. The number of carbonyl (C=O) groups excluding carboxylic acids is 1. The first-order valence-electron chi connectivity index (χ1n) is 8.58. The molecule has 0 saturated carbocycles. The van der Waals surface area contributed by atoms with E-state index in [0.29, 0.717) is 10.5 Å². The van der Waals surface area contributed by atoms with Crippen LogP contribution in [0.25, 0.3) is 10.9 Å². The van der Waals surface area contributed by atoms with E-state index in [4.69, 9.17) is 15.3 Å². The number of methoxy groups -OCH3 is 1. The Kier molecular flexibility index (Phi) is 6.20. The molecule has 0 unspecified atom stereocenters. The van der Waals surface area contributed by atoms with E-state index in [1.54, 1.807) is 6.07 Å². The number of alkyl halides is 3. The molecule has 7 nitrogen and oxygen atoms in total. The van der Waals surface area contributed by atoms with Crippen molar-refractivity contribution in [3.05, 3.63) is 57.6 Å². The highest BCUT2D eigenvalue weighted by molar-refractivity contribution is 9.10. The number of carbonyl (C=O) groups is 1. The van der Waals surface area contributed by atoms with Crippen molar-refractivity contribution in [1.82, 2.24) is 9.55 Å². The largest absolute Gasteiger partial charge is 0.480 e. The van der Waals surface area contributed by atoms with Crippen LogP contribution in [0.1, 0.15) is 21.6 Å². The minimum atomic E-state index is -4.90. The molecular weight excluding hydrogens is 488 g/mol. The van der Waals surface area contributed by atoms with E-state index in [1.807, 2.05) is 0 Å². The first kappa shape index (κ1) is 22.5. The Morgan fingerprint density at radius 3 is 2.68 bits per heavy atom. The summed E-state index contributed by atoms with van der Waals surface area (Å²) < 4.78 is 60.0. The van der Waals surface area contributed by atoms with Crippen molar-refractivity contribution in [2.45, 2.75) is 6.18 Å². The van der Waals surface area contributed by atoms with E-state index < -0.39 is 29.9 Å². The smallest absolute Gasteiger partial charge is 0.419 e. The third-order valence-electron chi connectivity index (χ3n) is 4.31. The van der Waals surface area contributed by atoms with E-state index in [0.717, 1.165) is 6.07 Å². The van der Waals surface area contributed by atoms with E-state index in [2.05, 4.69) is 26.1 Å². The molecular formula is C19H15BrF4N4O3. The summed E-state index contributed by atoms with van der Waals surface area (Å²) in [6.07, 6.45) is -3.60. The normalized spacial score (nSPS) is 12.3. The third kappa shape index (κ3) is 4.63. The number of benzene rings is 1. The summed E-state index contributed by atoms with van der Waals surface area (Å²) in [5, 5.41) is 3.56. The van der Waals surface area contributed by atoms with Crippen LogP contribution in [0.2, 0.25) is 0 Å². The molecule has 0 amide bonds. The van der Waals surface area contributed by atoms with E-state index >= 15 is 0 Å². The summed E-state index contributed by atoms with van der Waals surface area (Å²) in [5.74, 6) is -1.97. The van der Waals surface area contributed by atoms with Crippen LogP contribution in [0, 0.1) is 5.82 Å². The summed E-state index contributed by atoms with van der Waals surface area (Å²) >= 11 is 3.24. The molecule has 2 heterocycles. The Labute approximate surface area is 181 Å². The fourth-order valence-corrected chi connectivity index (χ4v) is 3.22. The van der Waals surface area contributed by atoms with Crippen molar-refractivity contribution < 1.29 is 31.9 Å². The highest BCUT2D eigenvalue weighted by Gasteiger charge is 2.35. The fourth-order valence-electron chi connectivity index (χ4n) is 2.84. The lowest BCUT2D eigenvalue weighted by Crippen LogP contribution is -2.17. The van der Waals surface area contributed by atoms with Gasteiger partial charge in [0.15, 0.2) is 12.4 Å². The van der Waals surface area contributed by atoms with Crippen LogP contribution in [0.4, 0.5) is 17.6 Å². The second kappa shape index (κ2) is 8.53. The number of aromatic nitrogens is 2. The van der Waals surface area contributed by atoms with Crippen molar-refractivity contribution in [2.24, 2.45) is 17.9 Å². The highest BCUT2D eigenvalue weighted by atomic mass is 79.9. The van der Waals surface area contributed by atoms with Crippen molar-refractivity contribution in [3.8, 4) is 5.88 Å². The number of amidine groups is 1. The van der Waals surface area contributed by atoms with Gasteiger partial charge in [-0.05, 0) is 40.2 Å². The maximum atomic E-state index is 13.8. The molecule has 31 heavy (non-hydrogen) atoms. The number of ether oxygens (including phenoxy) is 1. The average molecular weight is 503 g/mol. The quantitative estimate of drug-likeness (QED) is 0.181. The molecule has 0 fully saturated rings. The molecule has 0 saturated heterocycles. The van der Waals surface area contributed by atoms with Gasteiger partial charge in [0.2, 0.25) is 11.7 Å². The molecule has 0 radical (unpaired) electrons. The molecule has 0 aliphatic heterocycles. The number of rotatable bonds is 6. The van der Waals surface area contributed by atoms with Gasteiger partial charge in [0.25, 0.3) is 0 Å². The minimum absolute atomic E-state index is 0.0545. The molecule has 0 aliphatic rings. The Balaban J connectivity index is 1.83. The third-order valence-corrected chi connectivity index (χ3v) is 4.92. The van der Waals surface area contributed by atoms with E-state index in [9.17, 15) is 22.4 Å². The van der Waals surface area contributed by atoms with Gasteiger partial charge in [-0.3, -0.25) is 4.79 Å². The Hall–Kier alpha value is -3.15. The van der Waals surface area contributed by atoms with Gasteiger partial charge in [-0.15, -0.1) is 0 Å². The van der Waals surface area contributed by atoms with Crippen molar-refractivity contribution >= 4 is 38.5 Å². The molecule has 2 N–H and O–H groups in total. The van der Waals surface area contributed by atoms with Gasteiger partial charge >= 0.3 is 6.18 Å². The second-order valence-electron chi connectivity index (χ2n) is 6.36. The lowest BCUT2D eigenvalue weighted by atomic mass is 10.1. The Morgan fingerprint density at radius 1 is 1.32 bits per heavy atom. The van der Waals surface area contributed by atoms with Crippen molar-refractivity contribution in [3.63, 3.8) is 0 Å². The zero-order valence-electron chi connectivity index (χ0n) is 16.1. The standard InChI is InChI=1S/C19H15BrF4N4O3/c1-28-7-10(9-5-11(19(22,23)24)13(21)6-15(9)28)16(29)8-31-27-17(25)14-4-3-12(20)18(26-14)30-2/h3-7H,8H2,1-2H3,(H2,25,27). The molecule has 12 heteroatoms. The molecule has 0 aliphatic carbocycles. The topological polar surface area (TPSA) is 91.7 Å². The number of hydrogen-bond donors (Lipinski definition) is 1. The number of nitrogens with zero attached hydrogens (tertiary/aromatic N) is 3. The highest BCUT2D eigenvalue weighted by Crippen LogP contribution is 2.35. The van der Waals surface area contributed by atoms with Crippen LogP contribution in [-0.4, -0.2) is 34.9 Å². The maximum Gasteiger partial charge on any atom is 0.419 e. The van der Waals surface area contributed by atoms with Gasteiger partial charge in [-0.1, -0.05) is 5.16 Å². The van der Waals surface area contributed by atoms with Crippen LogP contribution in [0.15, 0.2) is 40.1 Å². The number of nitrogens with two attached hydrogens (primary N) is 1. The molecule has 3 aromatic rings. The average Bonchev–Trinajstić information content (AvgIpc) is 3.02. The molecule has 164 valence electrons. The molecule has 2 aromatic heterocycles. The van der Waals surface area contributed by atoms with Gasteiger partial charge in [-0.2, -0.15) is 13.2 Å². The minimum Gasteiger partial charge on any atom is -0.480 e. The van der Waals surface area contributed by atoms with Crippen LogP contribution in [-0.2, 0) is 18.1 Å². The summed E-state index contributed by atoms with van der Waals surface area (Å²) in [7, 11) is 2.90. The SMILES string of the molecule is COc1nc(/C(N)=N\OCC(=O)c2cn(C)c3cc(F)c(C(F)(F)F)cc23)ccc1Br. The van der Waals surface area contributed by atoms with E-state index in [-0.39, 0.29) is 33.9 Å². The van der Waals surface area contributed by atoms with Gasteiger partial charge in [0.1, 0.15) is 11.5 Å². The zero-order valence-corrected chi connectivity index (χ0v) is 17.7. The van der Waals surface area contributed by atoms with Gasteiger partial charge < -0.3 is 19.9 Å². The number of hydrogen-bond acceptors (Lipinski definition) is 5. The summed E-state index contributed by atoms with van der Waals surface area (Å²) in [6.45, 7) is -0.605. The number of oxime groups is 1. The van der Waals surface area contributed by atoms with Gasteiger partial charge in [0, 0.05) is 24.2 Å². The van der Waals surface area contributed by atoms with E-state index in [1.165, 1.54) is 31.0 Å². The number of ketones is 1. The summed E-state index contributed by atoms with van der Waals surface area (Å²) in [6, 6.07) is 4.50. The Morgan fingerprint density at radius 2 is 2.03 bits per heavy atom. The lowest BCUT2D eigenvalue weighted by Gasteiger charge is -2.09. The number of pyridine rings is 1. The lowest BCUT2D eigenvalue weighted by molar-refractivity contribution is -0.139.